The second-order valence-corrected chi connectivity index (χ2v) is 16.6. The topological polar surface area (TPSA) is 160 Å². The van der Waals surface area contributed by atoms with E-state index in [1.807, 2.05) is 71.9 Å². The van der Waals surface area contributed by atoms with Crippen LogP contribution in [0.25, 0.3) is 0 Å². The van der Waals surface area contributed by atoms with Crippen molar-refractivity contribution in [2.75, 3.05) is 13.1 Å². The smallest absolute Gasteiger partial charge is 0.329 e. The first kappa shape index (κ1) is 36.4. The number of amides is 4. The highest BCUT2D eigenvalue weighted by molar-refractivity contribution is 5.96. The van der Waals surface area contributed by atoms with Gasteiger partial charge >= 0.3 is 12.0 Å². The quantitative estimate of drug-likeness (QED) is 0.237. The number of fused-ring (bicyclic) bond motifs is 1. The summed E-state index contributed by atoms with van der Waals surface area (Å²) in [6.07, 6.45) is 2.92. The number of urea groups is 1. The number of nitrogens with two attached hydrogens (primary N) is 1. The number of hydrogen-bond donors (Lipinski definition) is 4. The van der Waals surface area contributed by atoms with E-state index < -0.39 is 41.6 Å². The number of likely N-dealkylation sites (tertiary alicyclic amines) is 1. The molecule has 4 amide bonds. The van der Waals surface area contributed by atoms with E-state index in [0.717, 1.165) is 18.4 Å². The Morgan fingerprint density at radius 1 is 0.957 bits per heavy atom. The van der Waals surface area contributed by atoms with Crippen LogP contribution in [-0.2, 0) is 30.5 Å². The van der Waals surface area contributed by atoms with Gasteiger partial charge in [0.1, 0.15) is 24.7 Å². The van der Waals surface area contributed by atoms with E-state index in [2.05, 4.69) is 29.8 Å². The van der Waals surface area contributed by atoms with Crippen LogP contribution in [0.4, 0.5) is 4.79 Å². The molecule has 3 aliphatic rings. The van der Waals surface area contributed by atoms with Crippen molar-refractivity contribution >= 4 is 29.6 Å². The summed E-state index contributed by atoms with van der Waals surface area (Å²) in [6, 6.07) is 5.23. The van der Waals surface area contributed by atoms with Gasteiger partial charge < -0.3 is 31.3 Å². The van der Waals surface area contributed by atoms with Gasteiger partial charge in [-0.1, -0.05) is 98.6 Å². The first-order chi connectivity index (χ1) is 21.8. The lowest BCUT2D eigenvalue weighted by Crippen LogP contribution is -2.62. The molecule has 47 heavy (non-hydrogen) atoms. The minimum Gasteiger partial charge on any atom is -0.459 e. The summed E-state index contributed by atoms with van der Waals surface area (Å²) in [6.45, 7) is 15.9. The van der Waals surface area contributed by atoms with E-state index in [1.165, 1.54) is 0 Å². The average Bonchev–Trinajstić information content (AvgIpc) is 3.84. The molecular formula is C36H55N5O6. The summed E-state index contributed by atoms with van der Waals surface area (Å²) >= 11 is 0. The summed E-state index contributed by atoms with van der Waals surface area (Å²) in [7, 11) is 0. The minimum absolute atomic E-state index is 0.0639. The lowest BCUT2D eigenvalue weighted by atomic mass is 9.85. The fraction of sp³-hybridized carbons (Fsp3) is 0.694. The number of esters is 1. The fourth-order valence-electron chi connectivity index (χ4n) is 6.95. The van der Waals surface area contributed by atoms with Crippen LogP contribution in [0.3, 0.4) is 0 Å². The zero-order valence-corrected chi connectivity index (χ0v) is 29.4. The Bertz CT molecular complexity index is 1330. The molecule has 0 spiro atoms. The average molecular weight is 654 g/mol. The van der Waals surface area contributed by atoms with E-state index >= 15 is 0 Å². The molecule has 2 saturated carbocycles. The number of carbonyl (C=O) groups is 5. The van der Waals surface area contributed by atoms with Crippen LogP contribution >= 0.6 is 0 Å². The SMILES string of the molecule is CC(C)(C)C[C@H](NC(=O)N[C@H](C(=O)N1C[C@H]2[C@@H]([C@H]1C(=O)NC(CC1CC1)C(=O)CN)C2(C)C)C(C)(C)C)C(=O)OCc1ccccc1. The van der Waals surface area contributed by atoms with Gasteiger partial charge in [-0.05, 0) is 52.4 Å². The standard InChI is InChI=1S/C36H55N5O6/c1-34(2,3)17-25(32(45)47-20-22-12-10-9-11-13-22)39-33(46)40-29(35(4,5)6)31(44)41-19-23-27(36(23,7)8)28(41)30(43)38-24(26(42)18-37)16-21-14-15-21/h9-13,21,23-25,27-29H,14-20,37H2,1-8H3,(H,38,43)(H2,39,40,46)/t23-,24?,25-,27-,28-,29+/m0/s1. The Morgan fingerprint density at radius 2 is 1.60 bits per heavy atom. The van der Waals surface area contributed by atoms with Gasteiger partial charge in [-0.2, -0.15) is 0 Å². The number of nitrogens with zero attached hydrogens (tertiary/aromatic N) is 1. The second-order valence-electron chi connectivity index (χ2n) is 16.6. The maximum absolute atomic E-state index is 14.3. The van der Waals surface area contributed by atoms with Crippen molar-refractivity contribution in [2.24, 2.45) is 39.7 Å². The molecule has 3 fully saturated rings. The van der Waals surface area contributed by atoms with Gasteiger partial charge in [0.2, 0.25) is 11.8 Å². The summed E-state index contributed by atoms with van der Waals surface area (Å²) in [5.74, 6) is -1.06. The number of carbonyl (C=O) groups excluding carboxylic acids is 5. The number of nitrogens with one attached hydrogen (secondary N) is 3. The molecule has 1 aromatic carbocycles. The van der Waals surface area contributed by atoms with Crippen LogP contribution in [-0.4, -0.2) is 71.8 Å². The van der Waals surface area contributed by atoms with Crippen LogP contribution in [0.2, 0.25) is 0 Å². The molecule has 1 saturated heterocycles. The third-order valence-electron chi connectivity index (χ3n) is 9.95. The van der Waals surface area contributed by atoms with Gasteiger partial charge in [-0.3, -0.25) is 14.4 Å². The Kier molecular flexibility index (Phi) is 10.8. The normalized spacial score (nSPS) is 23.5. The first-order valence-electron chi connectivity index (χ1n) is 16.9. The van der Waals surface area contributed by atoms with Gasteiger partial charge in [-0.25, -0.2) is 9.59 Å². The molecule has 11 nitrogen and oxygen atoms in total. The number of ether oxygens (including phenoxy) is 1. The van der Waals surface area contributed by atoms with E-state index in [0.29, 0.717) is 25.3 Å². The van der Waals surface area contributed by atoms with Crippen molar-refractivity contribution < 1.29 is 28.7 Å². The van der Waals surface area contributed by atoms with Crippen LogP contribution < -0.4 is 21.7 Å². The first-order valence-corrected chi connectivity index (χ1v) is 16.9. The predicted molar refractivity (Wildman–Crippen MR) is 179 cm³/mol. The minimum atomic E-state index is -0.998. The van der Waals surface area contributed by atoms with Crippen molar-refractivity contribution in [1.82, 2.24) is 20.9 Å². The Balaban J connectivity index is 1.49. The maximum Gasteiger partial charge on any atom is 0.329 e. The molecule has 260 valence electrons. The predicted octanol–water partition coefficient (Wildman–Crippen LogP) is 3.54. The monoisotopic (exact) mass is 653 g/mol. The Hall–Kier alpha value is -3.47. The van der Waals surface area contributed by atoms with Gasteiger partial charge in [-0.15, -0.1) is 0 Å². The zero-order valence-electron chi connectivity index (χ0n) is 29.4. The van der Waals surface area contributed by atoms with Crippen molar-refractivity contribution in [3.05, 3.63) is 35.9 Å². The Labute approximate surface area is 279 Å². The summed E-state index contributed by atoms with van der Waals surface area (Å²) in [5.41, 5.74) is 5.33. The Morgan fingerprint density at radius 3 is 2.15 bits per heavy atom. The molecule has 4 rings (SSSR count). The lowest BCUT2D eigenvalue weighted by Gasteiger charge is -2.38. The molecule has 5 N–H and O–H groups in total. The molecule has 1 aromatic rings. The van der Waals surface area contributed by atoms with Crippen LogP contribution in [0, 0.1) is 34.0 Å². The van der Waals surface area contributed by atoms with E-state index in [4.69, 9.17) is 10.5 Å². The lowest BCUT2D eigenvalue weighted by molar-refractivity contribution is -0.148. The number of Topliss-reactive ketones (excluding diaryl/α,β-unsaturated/α-hetero) is 1. The van der Waals surface area contributed by atoms with E-state index in [1.54, 1.807) is 4.90 Å². The molecular weight excluding hydrogens is 598 g/mol. The summed E-state index contributed by atoms with van der Waals surface area (Å²) in [5, 5.41) is 8.56. The highest BCUT2D eigenvalue weighted by Crippen LogP contribution is 2.65. The summed E-state index contributed by atoms with van der Waals surface area (Å²) in [4.78, 5) is 69.1. The van der Waals surface area contributed by atoms with E-state index in [9.17, 15) is 24.0 Å². The molecule has 2 aliphatic carbocycles. The van der Waals surface area contributed by atoms with Gasteiger partial charge in [0.25, 0.3) is 0 Å². The highest BCUT2D eigenvalue weighted by Gasteiger charge is 2.70. The number of hydrogen-bond acceptors (Lipinski definition) is 7. The van der Waals surface area contributed by atoms with Gasteiger partial charge in [0, 0.05) is 6.54 Å². The molecule has 1 heterocycles. The number of piperidine rings is 1. The molecule has 11 heteroatoms. The van der Waals surface area contributed by atoms with Crippen molar-refractivity contribution in [2.45, 2.75) is 112 Å². The van der Waals surface area contributed by atoms with Crippen molar-refractivity contribution in [1.29, 1.82) is 0 Å². The molecule has 1 aliphatic heterocycles. The van der Waals surface area contributed by atoms with E-state index in [-0.39, 0.29) is 53.4 Å². The van der Waals surface area contributed by atoms with Crippen molar-refractivity contribution in [3.63, 3.8) is 0 Å². The summed E-state index contributed by atoms with van der Waals surface area (Å²) < 4.78 is 5.57. The largest absolute Gasteiger partial charge is 0.459 e. The number of ketones is 1. The third-order valence-corrected chi connectivity index (χ3v) is 9.95. The second kappa shape index (κ2) is 13.9. The molecule has 0 aromatic heterocycles. The van der Waals surface area contributed by atoms with Gasteiger partial charge in [0.15, 0.2) is 5.78 Å². The highest BCUT2D eigenvalue weighted by atomic mass is 16.5. The van der Waals surface area contributed by atoms with Crippen LogP contribution in [0.15, 0.2) is 30.3 Å². The molecule has 1 unspecified atom stereocenters. The zero-order chi connectivity index (χ0) is 34.9. The molecule has 0 bridgehead atoms. The van der Waals surface area contributed by atoms with Gasteiger partial charge in [0.05, 0.1) is 12.6 Å². The fourth-order valence-corrected chi connectivity index (χ4v) is 6.95. The number of rotatable bonds is 13. The van der Waals surface area contributed by atoms with Crippen molar-refractivity contribution in [3.8, 4) is 0 Å². The molecule has 0 radical (unpaired) electrons. The van der Waals surface area contributed by atoms with Crippen LogP contribution in [0.1, 0.15) is 86.6 Å². The number of benzene rings is 1. The third kappa shape index (κ3) is 9.12. The molecule has 6 atom stereocenters. The maximum atomic E-state index is 14.3. The van der Waals surface area contributed by atoms with Crippen LogP contribution in [0.5, 0.6) is 0 Å².